The first-order valence-corrected chi connectivity index (χ1v) is 11.2. The average molecular weight is 464 g/mol. The van der Waals surface area contributed by atoms with Crippen molar-refractivity contribution in [3.8, 4) is 17.2 Å². The normalized spacial score (nSPS) is 14.0. The maximum Gasteiger partial charge on any atom is 0.246 e. The van der Waals surface area contributed by atoms with Crippen molar-refractivity contribution in [2.24, 2.45) is 0 Å². The summed E-state index contributed by atoms with van der Waals surface area (Å²) in [6, 6.07) is 11.2. The second-order valence-electron chi connectivity index (χ2n) is 7.78. The Balaban J connectivity index is 1.41. The highest BCUT2D eigenvalue weighted by Gasteiger charge is 2.22. The molecular weight excluding hydrogens is 434 g/mol. The molecule has 0 bridgehead atoms. The number of fused-ring (bicyclic) bond motifs is 1. The van der Waals surface area contributed by atoms with Gasteiger partial charge < -0.3 is 29.7 Å². The Morgan fingerprint density at radius 2 is 1.71 bits per heavy atom. The quantitative estimate of drug-likeness (QED) is 0.534. The van der Waals surface area contributed by atoms with Gasteiger partial charge in [0.25, 0.3) is 0 Å². The van der Waals surface area contributed by atoms with Gasteiger partial charge >= 0.3 is 0 Å². The van der Waals surface area contributed by atoms with Crippen molar-refractivity contribution in [3.63, 3.8) is 0 Å². The summed E-state index contributed by atoms with van der Waals surface area (Å²) in [7, 11) is 3.15. The summed E-state index contributed by atoms with van der Waals surface area (Å²) in [4.78, 5) is 25.7. The number of carbonyl (C=O) groups is 1. The van der Waals surface area contributed by atoms with Crippen molar-refractivity contribution in [1.82, 2.24) is 14.9 Å². The van der Waals surface area contributed by atoms with Crippen molar-refractivity contribution in [2.45, 2.75) is 6.92 Å². The van der Waals surface area contributed by atoms with Crippen LogP contribution in [0.3, 0.4) is 0 Å². The Morgan fingerprint density at radius 1 is 1.03 bits per heavy atom. The number of methoxy groups -OCH3 is 2. The highest BCUT2D eigenvalue weighted by molar-refractivity contribution is 5.93. The van der Waals surface area contributed by atoms with Gasteiger partial charge in [-0.05, 0) is 36.8 Å². The van der Waals surface area contributed by atoms with E-state index in [1.54, 1.807) is 32.4 Å². The van der Waals surface area contributed by atoms with Gasteiger partial charge in [-0.25, -0.2) is 4.98 Å². The van der Waals surface area contributed by atoms with Crippen LogP contribution in [-0.2, 0) is 4.79 Å². The Hall–Kier alpha value is -4.01. The minimum atomic E-state index is -0.0238. The smallest absolute Gasteiger partial charge is 0.246 e. The molecule has 0 atom stereocenters. The lowest BCUT2D eigenvalue weighted by atomic mass is 10.2. The Bertz CT molecular complexity index is 1190. The van der Waals surface area contributed by atoms with Crippen LogP contribution >= 0.6 is 0 Å². The number of carbonyl (C=O) groups excluding carboxylic acids is 1. The lowest BCUT2D eigenvalue weighted by molar-refractivity contribution is -0.126. The monoisotopic (exact) mass is 463 g/mol. The molecule has 1 saturated heterocycles. The van der Waals surface area contributed by atoms with Crippen molar-refractivity contribution in [2.75, 3.05) is 57.6 Å². The molecule has 34 heavy (non-hydrogen) atoms. The Kier molecular flexibility index (Phi) is 7.01. The number of aromatic nitrogens is 2. The van der Waals surface area contributed by atoms with Crippen LogP contribution in [-0.4, -0.2) is 67.8 Å². The SMILES string of the molecule is CCOc1ccc(/C=C/C(=O)N2CCN(c3nc(N)c4cc(OC)c(OC)cc4n3)CC2)cc1. The number of rotatable bonds is 7. The maximum absolute atomic E-state index is 12.7. The van der Waals surface area contributed by atoms with Gasteiger partial charge in [0.05, 0.1) is 26.3 Å². The second-order valence-corrected chi connectivity index (χ2v) is 7.78. The molecule has 2 N–H and O–H groups in total. The molecule has 4 rings (SSSR count). The molecule has 2 aromatic carbocycles. The van der Waals surface area contributed by atoms with Crippen LogP contribution in [0.1, 0.15) is 12.5 Å². The molecule has 2 heterocycles. The molecule has 1 aliphatic heterocycles. The fourth-order valence-electron chi connectivity index (χ4n) is 3.85. The number of piperazine rings is 1. The van der Waals surface area contributed by atoms with Crippen molar-refractivity contribution in [3.05, 3.63) is 48.0 Å². The highest BCUT2D eigenvalue weighted by atomic mass is 16.5. The van der Waals surface area contributed by atoms with Gasteiger partial charge in [-0.2, -0.15) is 4.98 Å². The molecule has 1 amide bonds. The van der Waals surface area contributed by atoms with E-state index in [1.807, 2.05) is 47.1 Å². The van der Waals surface area contributed by atoms with Crippen LogP contribution in [0.5, 0.6) is 17.2 Å². The number of hydrogen-bond acceptors (Lipinski definition) is 8. The first-order valence-electron chi connectivity index (χ1n) is 11.2. The van der Waals surface area contributed by atoms with Crippen LogP contribution in [0.4, 0.5) is 11.8 Å². The van der Waals surface area contributed by atoms with E-state index in [9.17, 15) is 4.79 Å². The average Bonchev–Trinajstić information content (AvgIpc) is 2.87. The molecule has 1 aliphatic rings. The van der Waals surface area contributed by atoms with Gasteiger partial charge in [-0.15, -0.1) is 0 Å². The zero-order chi connectivity index (χ0) is 24.1. The zero-order valence-electron chi connectivity index (χ0n) is 19.7. The molecule has 3 aromatic rings. The first-order chi connectivity index (χ1) is 16.5. The number of hydrogen-bond donors (Lipinski definition) is 1. The van der Waals surface area contributed by atoms with E-state index in [1.165, 1.54) is 0 Å². The molecule has 9 nitrogen and oxygen atoms in total. The molecule has 0 spiro atoms. The fraction of sp³-hybridized carbons (Fsp3) is 0.320. The Morgan fingerprint density at radius 3 is 2.35 bits per heavy atom. The van der Waals surface area contributed by atoms with E-state index in [0.717, 1.165) is 11.3 Å². The number of amides is 1. The van der Waals surface area contributed by atoms with Crippen LogP contribution in [0.2, 0.25) is 0 Å². The number of ether oxygens (including phenoxy) is 3. The zero-order valence-corrected chi connectivity index (χ0v) is 19.7. The number of nitrogen functional groups attached to an aromatic ring is 1. The first kappa shape index (κ1) is 23.2. The summed E-state index contributed by atoms with van der Waals surface area (Å²) in [6.07, 6.45) is 3.43. The summed E-state index contributed by atoms with van der Waals surface area (Å²) in [5.41, 5.74) is 7.84. The molecule has 178 valence electrons. The van der Waals surface area contributed by atoms with E-state index in [-0.39, 0.29) is 5.91 Å². The van der Waals surface area contributed by atoms with Gasteiger partial charge in [0.2, 0.25) is 11.9 Å². The fourth-order valence-corrected chi connectivity index (χ4v) is 3.85. The number of nitrogens with zero attached hydrogens (tertiary/aromatic N) is 4. The molecule has 0 radical (unpaired) electrons. The predicted molar refractivity (Wildman–Crippen MR) is 132 cm³/mol. The maximum atomic E-state index is 12.7. The molecule has 1 fully saturated rings. The third-order valence-corrected chi connectivity index (χ3v) is 5.70. The Labute approximate surface area is 198 Å². The largest absolute Gasteiger partial charge is 0.494 e. The summed E-state index contributed by atoms with van der Waals surface area (Å²) in [5, 5.41) is 0.703. The highest BCUT2D eigenvalue weighted by Crippen LogP contribution is 2.34. The molecule has 0 unspecified atom stereocenters. The molecule has 0 aliphatic carbocycles. The van der Waals surface area contributed by atoms with Crippen LogP contribution in [0.25, 0.3) is 17.0 Å². The van der Waals surface area contributed by atoms with E-state index in [0.29, 0.717) is 67.0 Å². The lowest BCUT2D eigenvalue weighted by Crippen LogP contribution is -2.48. The number of anilines is 2. The molecule has 0 saturated carbocycles. The summed E-state index contributed by atoms with van der Waals surface area (Å²) in [6.45, 7) is 4.93. The lowest BCUT2D eigenvalue weighted by Gasteiger charge is -2.34. The number of benzene rings is 2. The van der Waals surface area contributed by atoms with Crippen molar-refractivity contribution < 1.29 is 19.0 Å². The summed E-state index contributed by atoms with van der Waals surface area (Å²) in [5.74, 6) is 2.85. The summed E-state index contributed by atoms with van der Waals surface area (Å²) >= 11 is 0. The molecule has 1 aromatic heterocycles. The van der Waals surface area contributed by atoms with Gasteiger partial charge in [0, 0.05) is 43.7 Å². The van der Waals surface area contributed by atoms with Crippen LogP contribution in [0, 0.1) is 0 Å². The van der Waals surface area contributed by atoms with Gasteiger partial charge in [0.15, 0.2) is 11.5 Å². The van der Waals surface area contributed by atoms with Crippen molar-refractivity contribution in [1.29, 1.82) is 0 Å². The van der Waals surface area contributed by atoms with E-state index in [2.05, 4.69) is 9.97 Å². The minimum Gasteiger partial charge on any atom is -0.494 e. The topological polar surface area (TPSA) is 103 Å². The van der Waals surface area contributed by atoms with Gasteiger partial charge in [-0.1, -0.05) is 12.1 Å². The van der Waals surface area contributed by atoms with Gasteiger partial charge in [-0.3, -0.25) is 4.79 Å². The van der Waals surface area contributed by atoms with Crippen LogP contribution in [0.15, 0.2) is 42.5 Å². The van der Waals surface area contributed by atoms with Gasteiger partial charge in [0.1, 0.15) is 11.6 Å². The molecule has 9 heteroatoms. The minimum absolute atomic E-state index is 0.0238. The van der Waals surface area contributed by atoms with E-state index < -0.39 is 0 Å². The summed E-state index contributed by atoms with van der Waals surface area (Å²) < 4.78 is 16.2. The third-order valence-electron chi connectivity index (χ3n) is 5.70. The molecular formula is C25H29N5O4. The standard InChI is InChI=1S/C25H29N5O4/c1-4-34-18-8-5-17(6-9-18)7-10-23(31)29-11-13-30(14-12-29)25-27-20-16-22(33-3)21(32-2)15-19(20)24(26)28-25/h5-10,15-16H,4,11-14H2,1-3H3,(H2,26,27,28)/b10-7+. The van der Waals surface area contributed by atoms with Crippen LogP contribution < -0.4 is 24.8 Å². The van der Waals surface area contributed by atoms with E-state index in [4.69, 9.17) is 19.9 Å². The second kappa shape index (κ2) is 10.3. The number of nitrogens with two attached hydrogens (primary N) is 1. The third kappa shape index (κ3) is 4.98. The van der Waals surface area contributed by atoms with Crippen molar-refractivity contribution >= 4 is 34.7 Å². The van der Waals surface area contributed by atoms with E-state index >= 15 is 0 Å². The predicted octanol–water partition coefficient (Wildman–Crippen LogP) is 2.99.